The van der Waals surface area contributed by atoms with E-state index in [-0.39, 0.29) is 22.8 Å². The van der Waals surface area contributed by atoms with Gasteiger partial charge in [0.25, 0.3) is 5.91 Å². The van der Waals surface area contributed by atoms with Crippen molar-refractivity contribution in [3.8, 4) is 0 Å². The zero-order chi connectivity index (χ0) is 18.0. The van der Waals surface area contributed by atoms with E-state index in [0.29, 0.717) is 5.17 Å². The minimum atomic E-state index is -3.11. The van der Waals surface area contributed by atoms with E-state index < -0.39 is 34.9 Å². The number of benzene rings is 1. The number of thioether (sulfide) groups is 1. The first-order valence-electron chi connectivity index (χ1n) is 7.48. The van der Waals surface area contributed by atoms with E-state index in [0.717, 1.165) is 5.69 Å². The zero-order valence-corrected chi connectivity index (χ0v) is 14.7. The van der Waals surface area contributed by atoms with E-state index >= 15 is 0 Å². The molecular weight excluding hydrogens is 368 g/mol. The Hall–Kier alpha value is -1.91. The molecule has 2 fully saturated rings. The third-order valence-corrected chi connectivity index (χ3v) is 6.98. The fourth-order valence-corrected chi connectivity index (χ4v) is 6.75. The Morgan fingerprint density at radius 3 is 2.64 bits per heavy atom. The van der Waals surface area contributed by atoms with E-state index in [1.165, 1.54) is 11.8 Å². The molecule has 3 rings (SSSR count). The average Bonchev–Trinajstić information content (AvgIpc) is 2.98. The lowest BCUT2D eigenvalue weighted by molar-refractivity contribution is -0.143. The van der Waals surface area contributed by atoms with Crippen molar-refractivity contribution in [3.05, 3.63) is 30.3 Å². The molecule has 2 aliphatic heterocycles. The van der Waals surface area contributed by atoms with Gasteiger partial charge in [0.1, 0.15) is 13.2 Å². The standard InChI is InChI=1S/C15H16N2O6S2/c18-13(6-23-7-14(19)20)16-15-17(10-4-2-1-3-5-10)11-8-25(21,22)9-12(11)24-15/h1-5,11-12H,6-9H2,(H,19,20)/t11-,12+/m0/s1. The number of carboxylic acid groups (broad SMARTS) is 1. The predicted molar refractivity (Wildman–Crippen MR) is 93.6 cm³/mol. The number of aliphatic carboxylic acids is 1. The zero-order valence-electron chi connectivity index (χ0n) is 13.1. The number of ether oxygens (including phenoxy) is 1. The van der Waals surface area contributed by atoms with Crippen LogP contribution in [0.3, 0.4) is 0 Å². The van der Waals surface area contributed by atoms with Crippen LogP contribution in [-0.4, -0.2) is 66.6 Å². The highest BCUT2D eigenvalue weighted by atomic mass is 32.2. The van der Waals surface area contributed by atoms with E-state index in [1.54, 1.807) is 4.90 Å². The molecule has 0 unspecified atom stereocenters. The average molecular weight is 384 g/mol. The lowest BCUT2D eigenvalue weighted by atomic mass is 10.2. The normalized spacial score (nSPS) is 25.9. The smallest absolute Gasteiger partial charge is 0.329 e. The highest BCUT2D eigenvalue weighted by molar-refractivity contribution is 8.16. The van der Waals surface area contributed by atoms with Crippen LogP contribution in [0.15, 0.2) is 35.3 Å². The van der Waals surface area contributed by atoms with Crippen LogP contribution in [0, 0.1) is 0 Å². The summed E-state index contributed by atoms with van der Waals surface area (Å²) in [5.41, 5.74) is 0.762. The van der Waals surface area contributed by atoms with Crippen molar-refractivity contribution < 1.29 is 27.9 Å². The van der Waals surface area contributed by atoms with Gasteiger partial charge in [-0.15, -0.1) is 0 Å². The first-order valence-corrected chi connectivity index (χ1v) is 10.2. The quantitative estimate of drug-likeness (QED) is 0.776. The van der Waals surface area contributed by atoms with Crippen molar-refractivity contribution in [3.63, 3.8) is 0 Å². The Balaban J connectivity index is 1.82. The molecule has 0 bridgehead atoms. The molecule has 2 aliphatic rings. The first-order chi connectivity index (χ1) is 11.9. The summed E-state index contributed by atoms with van der Waals surface area (Å²) in [5.74, 6) is -1.70. The molecule has 1 amide bonds. The molecule has 25 heavy (non-hydrogen) atoms. The summed E-state index contributed by atoms with van der Waals surface area (Å²) in [7, 11) is -3.11. The number of carbonyl (C=O) groups is 2. The van der Waals surface area contributed by atoms with Crippen LogP contribution in [-0.2, 0) is 24.2 Å². The molecule has 1 N–H and O–H groups in total. The summed E-state index contributed by atoms with van der Waals surface area (Å²) in [5, 5.41) is 8.75. The lowest BCUT2D eigenvalue weighted by Crippen LogP contribution is -2.37. The first kappa shape index (κ1) is 17.9. The number of hydrogen-bond donors (Lipinski definition) is 1. The van der Waals surface area contributed by atoms with Gasteiger partial charge in [0.2, 0.25) is 0 Å². The molecule has 1 aromatic rings. The van der Waals surface area contributed by atoms with Gasteiger partial charge in [-0.25, -0.2) is 13.2 Å². The number of amides is 1. The maximum atomic E-state index is 11.9. The molecule has 134 valence electrons. The van der Waals surface area contributed by atoms with Crippen molar-refractivity contribution in [2.45, 2.75) is 11.3 Å². The number of anilines is 1. The summed E-state index contributed by atoms with van der Waals surface area (Å²) >= 11 is 1.26. The molecule has 0 spiro atoms. The Kier molecular flexibility index (Phi) is 5.11. The largest absolute Gasteiger partial charge is 0.480 e. The van der Waals surface area contributed by atoms with Gasteiger partial charge in [-0.1, -0.05) is 30.0 Å². The second-order valence-electron chi connectivity index (χ2n) is 5.68. The number of hydrogen-bond acceptors (Lipinski definition) is 6. The minimum Gasteiger partial charge on any atom is -0.480 e. The van der Waals surface area contributed by atoms with Crippen molar-refractivity contribution in [1.29, 1.82) is 0 Å². The number of carboxylic acids is 1. The van der Waals surface area contributed by atoms with Gasteiger partial charge in [0.15, 0.2) is 15.0 Å². The van der Waals surface area contributed by atoms with Crippen LogP contribution >= 0.6 is 11.8 Å². The number of aliphatic imine (C=N–C) groups is 1. The summed E-state index contributed by atoms with van der Waals surface area (Å²) in [4.78, 5) is 28.1. The van der Waals surface area contributed by atoms with Crippen LogP contribution in [0.25, 0.3) is 0 Å². The molecule has 0 saturated carbocycles. The second-order valence-corrected chi connectivity index (χ2v) is 9.04. The van der Waals surface area contributed by atoms with Gasteiger partial charge in [0.05, 0.1) is 17.5 Å². The number of nitrogens with zero attached hydrogens (tertiary/aromatic N) is 2. The molecule has 0 radical (unpaired) electrons. The highest BCUT2D eigenvalue weighted by Crippen LogP contribution is 2.40. The van der Waals surface area contributed by atoms with Gasteiger partial charge in [-0.3, -0.25) is 4.79 Å². The number of fused-ring (bicyclic) bond motifs is 1. The van der Waals surface area contributed by atoms with Crippen molar-refractivity contribution in [2.75, 3.05) is 29.6 Å². The molecule has 2 atom stereocenters. The van der Waals surface area contributed by atoms with Gasteiger partial charge in [-0.2, -0.15) is 4.99 Å². The second kappa shape index (κ2) is 7.14. The molecule has 10 heteroatoms. The Labute approximate surface area is 148 Å². The molecule has 0 aromatic heterocycles. The number of rotatable bonds is 5. The van der Waals surface area contributed by atoms with Crippen LogP contribution < -0.4 is 4.90 Å². The van der Waals surface area contributed by atoms with Crippen molar-refractivity contribution in [1.82, 2.24) is 0 Å². The lowest BCUT2D eigenvalue weighted by Gasteiger charge is -2.24. The SMILES string of the molecule is O=C(O)COCC(=O)N=C1S[C@@H]2CS(=O)(=O)C[C@@H]2N1c1ccccc1. The van der Waals surface area contributed by atoms with Gasteiger partial charge < -0.3 is 14.7 Å². The number of para-hydroxylation sites is 1. The van der Waals surface area contributed by atoms with Crippen LogP contribution in [0.1, 0.15) is 0 Å². The third kappa shape index (κ3) is 4.20. The van der Waals surface area contributed by atoms with Crippen molar-refractivity contribution >= 4 is 44.3 Å². The molecule has 0 aliphatic carbocycles. The van der Waals surface area contributed by atoms with E-state index in [9.17, 15) is 18.0 Å². The molecule has 2 saturated heterocycles. The Morgan fingerprint density at radius 1 is 1.24 bits per heavy atom. The van der Waals surface area contributed by atoms with E-state index in [2.05, 4.69) is 4.99 Å². The molecule has 1 aromatic carbocycles. The number of amidine groups is 1. The summed E-state index contributed by atoms with van der Waals surface area (Å²) < 4.78 is 28.6. The maximum Gasteiger partial charge on any atom is 0.329 e. The van der Waals surface area contributed by atoms with Gasteiger partial charge in [0, 0.05) is 10.9 Å². The molecule has 2 heterocycles. The Morgan fingerprint density at radius 2 is 1.96 bits per heavy atom. The monoisotopic (exact) mass is 384 g/mol. The summed E-state index contributed by atoms with van der Waals surface area (Å²) in [6, 6.07) is 8.88. The molecular formula is C15H16N2O6S2. The van der Waals surface area contributed by atoms with E-state index in [1.807, 2.05) is 30.3 Å². The highest BCUT2D eigenvalue weighted by Gasteiger charge is 2.49. The molecule has 8 nitrogen and oxygen atoms in total. The topological polar surface area (TPSA) is 113 Å². The fraction of sp³-hybridized carbons (Fsp3) is 0.400. The van der Waals surface area contributed by atoms with Crippen LogP contribution in [0.4, 0.5) is 5.69 Å². The maximum absolute atomic E-state index is 11.9. The van der Waals surface area contributed by atoms with Gasteiger partial charge in [-0.05, 0) is 12.1 Å². The fourth-order valence-electron chi connectivity index (χ4n) is 2.82. The predicted octanol–water partition coefficient (Wildman–Crippen LogP) is 0.389. The third-order valence-electron chi connectivity index (χ3n) is 3.77. The Bertz CT molecular complexity index is 809. The van der Waals surface area contributed by atoms with E-state index in [4.69, 9.17) is 9.84 Å². The summed E-state index contributed by atoms with van der Waals surface area (Å²) in [6.45, 7) is -1.01. The van der Waals surface area contributed by atoms with Crippen LogP contribution in [0.2, 0.25) is 0 Å². The van der Waals surface area contributed by atoms with Crippen LogP contribution in [0.5, 0.6) is 0 Å². The minimum absolute atomic E-state index is 0.0162. The number of sulfone groups is 1. The van der Waals surface area contributed by atoms with Gasteiger partial charge >= 0.3 is 5.97 Å². The summed E-state index contributed by atoms with van der Waals surface area (Å²) in [6.07, 6.45) is 0. The number of carbonyl (C=O) groups excluding carboxylic acids is 1. The van der Waals surface area contributed by atoms with Crippen molar-refractivity contribution in [2.24, 2.45) is 4.99 Å².